The largest absolute Gasteiger partial charge is 0.422 e. The summed E-state index contributed by atoms with van der Waals surface area (Å²) in [5, 5.41) is 4.09. The van der Waals surface area contributed by atoms with Crippen molar-refractivity contribution in [3.05, 3.63) is 98.7 Å². The number of amides is 1. The Labute approximate surface area is 179 Å². The molecule has 0 heterocycles. The van der Waals surface area contributed by atoms with Gasteiger partial charge in [0, 0.05) is 10.0 Å². The molecule has 5 nitrogen and oxygen atoms in total. The van der Waals surface area contributed by atoms with Gasteiger partial charge >= 0.3 is 5.97 Å². The van der Waals surface area contributed by atoms with Crippen molar-refractivity contribution in [1.29, 1.82) is 0 Å². The van der Waals surface area contributed by atoms with Crippen molar-refractivity contribution in [3.8, 4) is 5.75 Å². The van der Waals surface area contributed by atoms with Gasteiger partial charge in [0.05, 0.1) is 22.4 Å². The summed E-state index contributed by atoms with van der Waals surface area (Å²) in [6.45, 7) is 0. The van der Waals surface area contributed by atoms with E-state index < -0.39 is 17.7 Å². The number of esters is 1. The highest BCUT2D eigenvalue weighted by molar-refractivity contribution is 9.10. The van der Waals surface area contributed by atoms with Crippen LogP contribution in [0.3, 0.4) is 0 Å². The van der Waals surface area contributed by atoms with Crippen molar-refractivity contribution in [1.82, 2.24) is 5.43 Å². The third kappa shape index (κ3) is 5.28. The number of ether oxygens (including phenoxy) is 1. The van der Waals surface area contributed by atoms with Crippen molar-refractivity contribution < 1.29 is 18.7 Å². The number of carbonyl (C=O) groups excluding carboxylic acids is 2. The van der Waals surface area contributed by atoms with Gasteiger partial charge in [0.15, 0.2) is 0 Å². The molecule has 1 N–H and O–H groups in total. The van der Waals surface area contributed by atoms with E-state index in [9.17, 15) is 14.0 Å². The highest BCUT2D eigenvalue weighted by Crippen LogP contribution is 2.24. The number of rotatable bonds is 5. The highest BCUT2D eigenvalue weighted by Gasteiger charge is 2.15. The number of halogens is 3. The quantitative estimate of drug-likeness (QED) is 0.238. The lowest BCUT2D eigenvalue weighted by molar-refractivity contribution is 0.0734. The molecule has 3 aromatic rings. The van der Waals surface area contributed by atoms with E-state index in [1.807, 2.05) is 0 Å². The van der Waals surface area contributed by atoms with Gasteiger partial charge in [-0.1, -0.05) is 51.8 Å². The topological polar surface area (TPSA) is 67.8 Å². The first kappa shape index (κ1) is 20.7. The molecule has 0 radical (unpaired) electrons. The number of hydrogen-bond donors (Lipinski definition) is 1. The molecule has 0 unspecified atom stereocenters. The standard InChI is InChI=1S/C21H13BrClFN2O3/c22-14-9-10-19(29-21(28)15-5-1-3-7-17(15)23)13(11-14)12-25-26-20(27)16-6-2-4-8-18(16)24/h1-12H,(H,26,27). The lowest BCUT2D eigenvalue weighted by Gasteiger charge is -2.09. The van der Waals surface area contributed by atoms with E-state index in [4.69, 9.17) is 16.3 Å². The molecule has 1 amide bonds. The van der Waals surface area contributed by atoms with Gasteiger partial charge in [0.2, 0.25) is 0 Å². The Morgan fingerprint density at radius 3 is 2.45 bits per heavy atom. The maximum Gasteiger partial charge on any atom is 0.345 e. The van der Waals surface area contributed by atoms with Crippen LogP contribution in [0.5, 0.6) is 5.75 Å². The molecule has 0 saturated carbocycles. The van der Waals surface area contributed by atoms with Crippen molar-refractivity contribution in [2.24, 2.45) is 5.10 Å². The van der Waals surface area contributed by atoms with Gasteiger partial charge in [-0.25, -0.2) is 14.6 Å². The van der Waals surface area contributed by atoms with E-state index >= 15 is 0 Å². The van der Waals surface area contributed by atoms with E-state index in [1.165, 1.54) is 24.4 Å². The van der Waals surface area contributed by atoms with Gasteiger partial charge in [-0.2, -0.15) is 5.10 Å². The fraction of sp³-hybridized carbons (Fsp3) is 0. The van der Waals surface area contributed by atoms with Crippen molar-refractivity contribution in [2.45, 2.75) is 0 Å². The molecule has 146 valence electrons. The van der Waals surface area contributed by atoms with Crippen LogP contribution in [0, 0.1) is 5.82 Å². The first-order valence-electron chi connectivity index (χ1n) is 8.30. The molecule has 0 spiro atoms. The number of benzene rings is 3. The molecule has 8 heteroatoms. The monoisotopic (exact) mass is 474 g/mol. The van der Waals surface area contributed by atoms with Crippen LogP contribution in [-0.4, -0.2) is 18.1 Å². The molecule has 0 aliphatic carbocycles. The van der Waals surface area contributed by atoms with Gasteiger partial charge < -0.3 is 4.74 Å². The normalized spacial score (nSPS) is 10.7. The predicted molar refractivity (Wildman–Crippen MR) is 112 cm³/mol. The van der Waals surface area contributed by atoms with Crippen LogP contribution in [0.1, 0.15) is 26.3 Å². The Balaban J connectivity index is 1.77. The summed E-state index contributed by atoms with van der Waals surface area (Å²) in [5.41, 5.74) is 2.73. The Hall–Kier alpha value is -3.03. The van der Waals surface area contributed by atoms with Crippen LogP contribution < -0.4 is 10.2 Å². The molecule has 3 rings (SSSR count). The summed E-state index contributed by atoms with van der Waals surface area (Å²) < 4.78 is 19.8. The number of nitrogens with zero attached hydrogens (tertiary/aromatic N) is 1. The van der Waals surface area contributed by atoms with Crippen LogP contribution >= 0.6 is 27.5 Å². The molecule has 0 aromatic heterocycles. The molecule has 0 bridgehead atoms. The number of nitrogens with one attached hydrogen (secondary N) is 1. The van der Waals surface area contributed by atoms with Crippen LogP contribution in [0.15, 0.2) is 76.3 Å². The van der Waals surface area contributed by atoms with Crippen LogP contribution in [0.2, 0.25) is 5.02 Å². The summed E-state index contributed by atoms with van der Waals surface area (Å²) in [4.78, 5) is 24.4. The molecule has 0 aliphatic heterocycles. The molecule has 3 aromatic carbocycles. The molecule has 0 fully saturated rings. The Morgan fingerprint density at radius 2 is 1.72 bits per heavy atom. The van der Waals surface area contributed by atoms with Gasteiger partial charge in [0.1, 0.15) is 11.6 Å². The maximum atomic E-state index is 13.7. The number of hydrogen-bond acceptors (Lipinski definition) is 4. The Kier molecular flexibility index (Phi) is 6.74. The van der Waals surface area contributed by atoms with E-state index in [2.05, 4.69) is 26.5 Å². The van der Waals surface area contributed by atoms with Crippen molar-refractivity contribution >= 4 is 45.6 Å². The Morgan fingerprint density at radius 1 is 1.03 bits per heavy atom. The van der Waals surface area contributed by atoms with Crippen molar-refractivity contribution in [2.75, 3.05) is 0 Å². The average Bonchev–Trinajstić information content (AvgIpc) is 2.70. The van der Waals surface area contributed by atoms with E-state index in [-0.39, 0.29) is 21.9 Å². The lowest BCUT2D eigenvalue weighted by atomic mass is 10.2. The predicted octanol–water partition coefficient (Wildman–Crippen LogP) is 5.22. The smallest absolute Gasteiger partial charge is 0.345 e. The zero-order chi connectivity index (χ0) is 20.8. The second-order valence-electron chi connectivity index (χ2n) is 5.73. The zero-order valence-corrected chi connectivity index (χ0v) is 17.1. The Bertz CT molecular complexity index is 1100. The number of hydrazone groups is 1. The minimum atomic E-state index is -0.705. The first-order chi connectivity index (χ1) is 14.0. The summed E-state index contributed by atoms with van der Waals surface area (Å²) in [6.07, 6.45) is 1.29. The fourth-order valence-electron chi connectivity index (χ4n) is 2.36. The minimum absolute atomic E-state index is 0.135. The van der Waals surface area contributed by atoms with Crippen LogP contribution in [-0.2, 0) is 0 Å². The molecule has 0 aliphatic rings. The maximum absolute atomic E-state index is 13.7. The molecule has 29 heavy (non-hydrogen) atoms. The zero-order valence-electron chi connectivity index (χ0n) is 14.7. The molecule has 0 atom stereocenters. The van der Waals surface area contributed by atoms with Gasteiger partial charge in [0.25, 0.3) is 5.91 Å². The summed E-state index contributed by atoms with van der Waals surface area (Å²) >= 11 is 9.35. The highest BCUT2D eigenvalue weighted by atomic mass is 79.9. The van der Waals surface area contributed by atoms with Crippen LogP contribution in [0.25, 0.3) is 0 Å². The molecule has 0 saturated heterocycles. The second kappa shape index (κ2) is 9.45. The molecular weight excluding hydrogens is 463 g/mol. The lowest BCUT2D eigenvalue weighted by Crippen LogP contribution is -2.19. The van der Waals surface area contributed by atoms with Gasteiger partial charge in [-0.15, -0.1) is 0 Å². The third-order valence-corrected chi connectivity index (χ3v) is 4.58. The molecular formula is C21H13BrClFN2O3. The fourth-order valence-corrected chi connectivity index (χ4v) is 2.95. The summed E-state index contributed by atoms with van der Waals surface area (Å²) in [6, 6.07) is 17.0. The second-order valence-corrected chi connectivity index (χ2v) is 7.05. The van der Waals surface area contributed by atoms with E-state index in [0.29, 0.717) is 10.0 Å². The average molecular weight is 476 g/mol. The number of carbonyl (C=O) groups is 2. The first-order valence-corrected chi connectivity index (χ1v) is 9.47. The summed E-state index contributed by atoms with van der Waals surface area (Å²) in [7, 11) is 0. The van der Waals surface area contributed by atoms with Crippen LogP contribution in [0.4, 0.5) is 4.39 Å². The van der Waals surface area contributed by atoms with E-state index in [1.54, 1.807) is 48.5 Å². The van der Waals surface area contributed by atoms with Gasteiger partial charge in [-0.05, 0) is 42.5 Å². The van der Waals surface area contributed by atoms with E-state index in [0.717, 1.165) is 0 Å². The minimum Gasteiger partial charge on any atom is -0.422 e. The third-order valence-electron chi connectivity index (χ3n) is 3.76. The summed E-state index contributed by atoms with van der Waals surface area (Å²) in [5.74, 6) is -1.79. The SMILES string of the molecule is O=C(NN=Cc1cc(Br)ccc1OC(=O)c1ccccc1Cl)c1ccccc1F. The van der Waals surface area contributed by atoms with Crippen molar-refractivity contribution in [3.63, 3.8) is 0 Å². The van der Waals surface area contributed by atoms with Gasteiger partial charge in [-0.3, -0.25) is 4.79 Å².